The number of amides is 1. The zero-order chi connectivity index (χ0) is 30.3. The van der Waals surface area contributed by atoms with Gasteiger partial charge in [0.05, 0.1) is 34.9 Å². The third-order valence-electron chi connectivity index (χ3n) is 7.35. The van der Waals surface area contributed by atoms with Gasteiger partial charge in [0, 0.05) is 25.6 Å². The molecular formula is C29H37F3N2O7. The Labute approximate surface area is 237 Å². The maximum Gasteiger partial charge on any atom is 0.490 e. The first-order valence-electron chi connectivity index (χ1n) is 13.2. The first-order valence-corrected chi connectivity index (χ1v) is 13.2. The molecule has 0 aromatic heterocycles. The van der Waals surface area contributed by atoms with Gasteiger partial charge in [0.15, 0.2) is 23.0 Å². The van der Waals surface area contributed by atoms with Crippen molar-refractivity contribution in [2.45, 2.75) is 37.8 Å². The van der Waals surface area contributed by atoms with Gasteiger partial charge in [0.1, 0.15) is 0 Å². The molecule has 2 aliphatic rings. The van der Waals surface area contributed by atoms with E-state index in [4.69, 9.17) is 28.8 Å². The Morgan fingerprint density at radius 3 is 2.00 bits per heavy atom. The molecule has 12 heteroatoms. The van der Waals surface area contributed by atoms with Crippen molar-refractivity contribution in [1.82, 2.24) is 9.80 Å². The predicted molar refractivity (Wildman–Crippen MR) is 145 cm³/mol. The van der Waals surface area contributed by atoms with Crippen LogP contribution >= 0.6 is 0 Å². The topological polar surface area (TPSA) is 97.8 Å². The van der Waals surface area contributed by atoms with Gasteiger partial charge in [-0.3, -0.25) is 4.79 Å². The molecule has 1 amide bonds. The number of aliphatic carboxylic acids is 1. The van der Waals surface area contributed by atoms with E-state index in [2.05, 4.69) is 24.1 Å². The standard InChI is InChI=1S/C27H36N2O5.C2HF3O2/c1-28(17-21-11-20-14-25(33-4)26(34-5)16-22(20)21)8-6-9-29-10-7-18-12-23(31-2)24(32-3)13-19(18)15-27(29)30;3-2(4,5)1(6)7/h12-14,16,21H,6-11,15,17H2,1-5H3;(H,6,7)/t21-;/m1./s1. The van der Waals surface area contributed by atoms with Gasteiger partial charge in [-0.2, -0.15) is 13.2 Å². The number of benzene rings is 2. The van der Waals surface area contributed by atoms with Gasteiger partial charge < -0.3 is 33.9 Å². The molecule has 0 fully saturated rings. The van der Waals surface area contributed by atoms with Crippen LogP contribution in [0, 0.1) is 0 Å². The van der Waals surface area contributed by atoms with E-state index in [0.717, 1.165) is 68.3 Å². The monoisotopic (exact) mass is 582 g/mol. The number of rotatable bonds is 10. The minimum atomic E-state index is -5.08. The lowest BCUT2D eigenvalue weighted by atomic mass is 9.77. The minimum Gasteiger partial charge on any atom is -0.493 e. The molecule has 0 saturated carbocycles. The van der Waals surface area contributed by atoms with E-state index in [9.17, 15) is 18.0 Å². The van der Waals surface area contributed by atoms with Crippen molar-refractivity contribution in [3.05, 3.63) is 46.5 Å². The number of nitrogens with zero attached hydrogens (tertiary/aromatic N) is 2. The number of methoxy groups -OCH3 is 4. The molecule has 1 atom stereocenters. The van der Waals surface area contributed by atoms with Crippen LogP contribution in [-0.2, 0) is 28.9 Å². The third-order valence-corrected chi connectivity index (χ3v) is 7.35. The van der Waals surface area contributed by atoms with Crippen LogP contribution < -0.4 is 18.9 Å². The molecule has 0 radical (unpaired) electrons. The summed E-state index contributed by atoms with van der Waals surface area (Å²) in [5.74, 6) is 0.933. The summed E-state index contributed by atoms with van der Waals surface area (Å²) in [7, 11) is 8.79. The maximum atomic E-state index is 12.9. The fourth-order valence-corrected chi connectivity index (χ4v) is 5.15. The van der Waals surface area contributed by atoms with E-state index in [1.54, 1.807) is 28.4 Å². The Morgan fingerprint density at radius 1 is 0.951 bits per heavy atom. The number of carboxylic acid groups (broad SMARTS) is 1. The highest BCUT2D eigenvalue weighted by Gasteiger charge is 2.38. The molecule has 4 rings (SSSR count). The number of hydrogen-bond donors (Lipinski definition) is 1. The first-order chi connectivity index (χ1) is 19.4. The van der Waals surface area contributed by atoms with Gasteiger partial charge >= 0.3 is 12.1 Å². The first kappa shape index (κ1) is 31.9. The number of fused-ring (bicyclic) bond motifs is 2. The van der Waals surface area contributed by atoms with E-state index >= 15 is 0 Å². The molecule has 1 N–H and O–H groups in total. The molecule has 2 aromatic carbocycles. The van der Waals surface area contributed by atoms with E-state index < -0.39 is 12.1 Å². The second-order valence-electron chi connectivity index (χ2n) is 10.0. The molecule has 1 heterocycles. The molecular weight excluding hydrogens is 545 g/mol. The number of halogens is 3. The predicted octanol–water partition coefficient (Wildman–Crippen LogP) is 3.94. The van der Waals surface area contributed by atoms with E-state index in [1.165, 1.54) is 16.7 Å². The zero-order valence-corrected chi connectivity index (χ0v) is 24.0. The molecule has 0 bridgehead atoms. The maximum absolute atomic E-state index is 12.9. The van der Waals surface area contributed by atoms with Crippen LogP contribution in [0.4, 0.5) is 13.2 Å². The summed E-state index contributed by atoms with van der Waals surface area (Å²) >= 11 is 0. The van der Waals surface area contributed by atoms with Crippen LogP contribution in [0.5, 0.6) is 23.0 Å². The number of alkyl halides is 3. The third kappa shape index (κ3) is 7.96. The van der Waals surface area contributed by atoms with E-state index in [1.807, 2.05) is 17.0 Å². The van der Waals surface area contributed by atoms with Crippen molar-refractivity contribution in [2.75, 3.05) is 61.7 Å². The highest BCUT2D eigenvalue weighted by atomic mass is 19.4. The van der Waals surface area contributed by atoms with Crippen LogP contribution in [0.2, 0.25) is 0 Å². The quantitative estimate of drug-likeness (QED) is 0.450. The van der Waals surface area contributed by atoms with Crippen molar-refractivity contribution >= 4 is 11.9 Å². The fourth-order valence-electron chi connectivity index (χ4n) is 5.15. The molecule has 1 aliphatic heterocycles. The molecule has 0 spiro atoms. The zero-order valence-electron chi connectivity index (χ0n) is 24.0. The Balaban J connectivity index is 0.000000587. The van der Waals surface area contributed by atoms with E-state index in [-0.39, 0.29) is 5.91 Å². The second kappa shape index (κ2) is 13.8. The highest BCUT2D eigenvalue weighted by Crippen LogP contribution is 2.42. The average Bonchev–Trinajstić information content (AvgIpc) is 3.07. The number of hydrogen-bond acceptors (Lipinski definition) is 7. The SMILES string of the molecule is COc1cc2c(cc1OC)CC(=O)N(CCCN(C)C[C@H]1Cc3cc(OC)c(OC)cc31)CC2.O=C(O)C(F)(F)F. The minimum absolute atomic E-state index is 0.183. The number of carboxylic acids is 1. The van der Waals surface area contributed by atoms with Crippen LogP contribution in [0.25, 0.3) is 0 Å². The Morgan fingerprint density at radius 2 is 1.46 bits per heavy atom. The highest BCUT2D eigenvalue weighted by molar-refractivity contribution is 5.80. The number of likely N-dealkylation sites (N-methyl/N-ethyl adjacent to an activating group) is 1. The number of carbonyl (C=O) groups is 2. The lowest BCUT2D eigenvalue weighted by Crippen LogP contribution is -2.36. The fraction of sp³-hybridized carbons (Fsp3) is 0.517. The van der Waals surface area contributed by atoms with Gasteiger partial charge in [0.25, 0.3) is 0 Å². The Bertz CT molecular complexity index is 1240. The van der Waals surface area contributed by atoms with Gasteiger partial charge in [-0.1, -0.05) is 0 Å². The summed E-state index contributed by atoms with van der Waals surface area (Å²) in [4.78, 5) is 26.2. The molecule has 0 unspecified atom stereocenters. The summed E-state index contributed by atoms with van der Waals surface area (Å²) < 4.78 is 53.5. The van der Waals surface area contributed by atoms with Crippen molar-refractivity contribution in [2.24, 2.45) is 0 Å². The summed E-state index contributed by atoms with van der Waals surface area (Å²) in [6, 6.07) is 8.18. The Kier molecular flexibility index (Phi) is 10.7. The lowest BCUT2D eigenvalue weighted by Gasteiger charge is -2.34. The number of ether oxygens (including phenoxy) is 4. The summed E-state index contributed by atoms with van der Waals surface area (Å²) in [6.07, 6.45) is -1.82. The average molecular weight is 583 g/mol. The van der Waals surface area contributed by atoms with Crippen LogP contribution in [0.15, 0.2) is 24.3 Å². The molecule has 1 aliphatic carbocycles. The number of carbonyl (C=O) groups excluding carboxylic acids is 1. The molecule has 0 saturated heterocycles. The van der Waals surface area contributed by atoms with Crippen molar-refractivity contribution < 1.29 is 46.8 Å². The van der Waals surface area contributed by atoms with Crippen LogP contribution in [0.3, 0.4) is 0 Å². The van der Waals surface area contributed by atoms with E-state index in [0.29, 0.717) is 18.1 Å². The summed E-state index contributed by atoms with van der Waals surface area (Å²) in [5, 5.41) is 7.12. The van der Waals surface area contributed by atoms with Crippen molar-refractivity contribution in [1.29, 1.82) is 0 Å². The van der Waals surface area contributed by atoms with Crippen LogP contribution in [0.1, 0.15) is 34.6 Å². The normalized spacial score (nSPS) is 16.0. The van der Waals surface area contributed by atoms with Gasteiger partial charge in [0.2, 0.25) is 5.91 Å². The van der Waals surface area contributed by atoms with Crippen molar-refractivity contribution in [3.63, 3.8) is 0 Å². The molecule has 41 heavy (non-hydrogen) atoms. The van der Waals surface area contributed by atoms with Crippen molar-refractivity contribution in [3.8, 4) is 23.0 Å². The molecule has 2 aromatic rings. The Hall–Kier alpha value is -3.67. The molecule has 226 valence electrons. The lowest BCUT2D eigenvalue weighted by molar-refractivity contribution is -0.192. The van der Waals surface area contributed by atoms with Crippen LogP contribution in [-0.4, -0.2) is 94.6 Å². The van der Waals surface area contributed by atoms with Gasteiger partial charge in [-0.25, -0.2) is 4.79 Å². The smallest absolute Gasteiger partial charge is 0.490 e. The van der Waals surface area contributed by atoms with Gasteiger partial charge in [-0.05, 0) is 79.4 Å². The summed E-state index contributed by atoms with van der Waals surface area (Å²) in [5.41, 5.74) is 4.91. The van der Waals surface area contributed by atoms with Gasteiger partial charge in [-0.15, -0.1) is 0 Å². The summed E-state index contributed by atoms with van der Waals surface area (Å²) in [6.45, 7) is 3.47. The largest absolute Gasteiger partial charge is 0.493 e. The second-order valence-corrected chi connectivity index (χ2v) is 10.0. The molecule has 9 nitrogen and oxygen atoms in total.